The van der Waals surface area contributed by atoms with Gasteiger partial charge < -0.3 is 5.73 Å². The molecule has 0 bridgehead atoms. The average Bonchev–Trinajstić information content (AvgIpc) is 2.77. The van der Waals surface area contributed by atoms with Gasteiger partial charge in [-0.3, -0.25) is 0 Å². The summed E-state index contributed by atoms with van der Waals surface area (Å²) in [6.07, 6.45) is 0.571. The zero-order valence-corrected chi connectivity index (χ0v) is 11.2. The molecule has 16 heavy (non-hydrogen) atoms. The zero-order valence-electron chi connectivity index (χ0n) is 9.59. The third-order valence-corrected chi connectivity index (χ3v) is 5.48. The van der Waals surface area contributed by atoms with E-state index in [4.69, 9.17) is 5.73 Å². The summed E-state index contributed by atoms with van der Waals surface area (Å²) in [7, 11) is -1.60. The van der Waals surface area contributed by atoms with E-state index in [0.29, 0.717) is 13.0 Å². The van der Waals surface area contributed by atoms with Crippen LogP contribution in [0.4, 0.5) is 0 Å². The van der Waals surface area contributed by atoms with Gasteiger partial charge in [-0.15, -0.1) is 11.3 Å². The van der Waals surface area contributed by atoms with Gasteiger partial charge >= 0.3 is 0 Å². The minimum atomic E-state index is -3.19. The summed E-state index contributed by atoms with van der Waals surface area (Å²) in [5.41, 5.74) is 5.46. The molecule has 0 saturated carbocycles. The first-order valence-electron chi connectivity index (χ1n) is 5.15. The Kier molecular flexibility index (Phi) is 4.91. The Balaban J connectivity index is 2.58. The number of rotatable bonds is 6. The van der Waals surface area contributed by atoms with Crippen molar-refractivity contribution in [1.29, 1.82) is 0 Å². The van der Waals surface area contributed by atoms with Crippen LogP contribution in [-0.4, -0.2) is 38.1 Å². The number of thiophene rings is 1. The molecule has 0 aliphatic rings. The topological polar surface area (TPSA) is 63.4 Å². The molecule has 1 aromatic heterocycles. The largest absolute Gasteiger partial charge is 0.329 e. The van der Waals surface area contributed by atoms with Crippen molar-refractivity contribution in [2.24, 2.45) is 5.73 Å². The van der Waals surface area contributed by atoms with Crippen molar-refractivity contribution in [3.63, 3.8) is 0 Å². The Morgan fingerprint density at radius 1 is 1.56 bits per heavy atom. The van der Waals surface area contributed by atoms with Crippen molar-refractivity contribution in [2.75, 3.05) is 19.3 Å². The van der Waals surface area contributed by atoms with E-state index >= 15 is 0 Å². The van der Waals surface area contributed by atoms with Gasteiger partial charge in [-0.05, 0) is 24.8 Å². The number of nitrogens with two attached hydrogens (primary N) is 1. The van der Waals surface area contributed by atoms with E-state index in [0.717, 1.165) is 4.88 Å². The van der Waals surface area contributed by atoms with E-state index in [1.54, 1.807) is 18.4 Å². The lowest BCUT2D eigenvalue weighted by Crippen LogP contribution is -2.41. The lowest BCUT2D eigenvalue weighted by molar-refractivity contribution is 0.394. The predicted octanol–water partition coefficient (Wildman–Crippen LogP) is 0.899. The predicted molar refractivity (Wildman–Crippen MR) is 68.1 cm³/mol. The normalized spacial score (nSPS) is 14.2. The van der Waals surface area contributed by atoms with E-state index in [1.807, 2.05) is 24.4 Å². The molecule has 1 heterocycles. The molecule has 1 unspecified atom stereocenters. The number of likely N-dealkylation sites (N-methyl/N-ethyl adjacent to an activating group) is 1. The summed E-state index contributed by atoms with van der Waals surface area (Å²) in [4.78, 5) is 1.09. The van der Waals surface area contributed by atoms with Crippen LogP contribution in [0.2, 0.25) is 0 Å². The quantitative estimate of drug-likeness (QED) is 0.828. The molecule has 1 atom stereocenters. The van der Waals surface area contributed by atoms with Crippen LogP contribution in [0.3, 0.4) is 0 Å². The summed E-state index contributed by atoms with van der Waals surface area (Å²) in [6.45, 7) is 2.15. The molecule has 92 valence electrons. The van der Waals surface area contributed by atoms with Crippen molar-refractivity contribution in [1.82, 2.24) is 4.31 Å². The molecule has 6 heteroatoms. The minimum absolute atomic E-state index is 0.145. The molecule has 0 saturated heterocycles. The average molecular weight is 262 g/mol. The third kappa shape index (κ3) is 3.55. The van der Waals surface area contributed by atoms with Crippen LogP contribution in [0.5, 0.6) is 0 Å². The molecule has 2 N–H and O–H groups in total. The molecule has 0 aliphatic carbocycles. The maximum absolute atomic E-state index is 11.9. The van der Waals surface area contributed by atoms with Gasteiger partial charge in [-0.2, -0.15) is 0 Å². The number of sulfonamides is 1. The second kappa shape index (κ2) is 5.77. The van der Waals surface area contributed by atoms with Crippen LogP contribution in [0.1, 0.15) is 11.8 Å². The Hall–Kier alpha value is -0.430. The van der Waals surface area contributed by atoms with Crippen molar-refractivity contribution >= 4 is 21.4 Å². The first kappa shape index (κ1) is 13.6. The van der Waals surface area contributed by atoms with Gasteiger partial charge in [0, 0.05) is 24.5 Å². The van der Waals surface area contributed by atoms with Gasteiger partial charge in [-0.25, -0.2) is 12.7 Å². The molecule has 0 aromatic carbocycles. The summed E-state index contributed by atoms with van der Waals surface area (Å²) >= 11 is 1.58. The van der Waals surface area contributed by atoms with Crippen molar-refractivity contribution in [3.8, 4) is 0 Å². The van der Waals surface area contributed by atoms with Gasteiger partial charge in [0.25, 0.3) is 0 Å². The van der Waals surface area contributed by atoms with Crippen LogP contribution in [0.25, 0.3) is 0 Å². The highest BCUT2D eigenvalue weighted by molar-refractivity contribution is 7.89. The second-order valence-corrected chi connectivity index (χ2v) is 6.93. The maximum atomic E-state index is 11.9. The highest BCUT2D eigenvalue weighted by Crippen LogP contribution is 2.12. The van der Waals surface area contributed by atoms with Crippen LogP contribution >= 0.6 is 11.3 Å². The van der Waals surface area contributed by atoms with Crippen molar-refractivity contribution in [2.45, 2.75) is 19.4 Å². The first-order chi connectivity index (χ1) is 7.47. The molecular formula is C10H18N2O2S2. The standard InChI is InChI=1S/C10H18N2O2S2/c1-9(8-11)12(2)16(13,14)7-5-10-4-3-6-15-10/h3-4,6,9H,5,7-8,11H2,1-2H3. The first-order valence-corrected chi connectivity index (χ1v) is 7.64. The maximum Gasteiger partial charge on any atom is 0.214 e. The lowest BCUT2D eigenvalue weighted by atomic mass is 10.4. The summed E-state index contributed by atoms with van der Waals surface area (Å²) in [5.74, 6) is 0.147. The van der Waals surface area contributed by atoms with Gasteiger partial charge in [-0.1, -0.05) is 6.07 Å². The Morgan fingerprint density at radius 2 is 2.25 bits per heavy atom. The number of aryl methyl sites for hydroxylation is 1. The summed E-state index contributed by atoms with van der Waals surface area (Å²) < 4.78 is 25.2. The molecule has 4 nitrogen and oxygen atoms in total. The van der Waals surface area contributed by atoms with Crippen molar-refractivity contribution in [3.05, 3.63) is 22.4 Å². The zero-order chi connectivity index (χ0) is 12.2. The minimum Gasteiger partial charge on any atom is -0.329 e. The van der Waals surface area contributed by atoms with Crippen LogP contribution < -0.4 is 5.73 Å². The van der Waals surface area contributed by atoms with Crippen LogP contribution in [-0.2, 0) is 16.4 Å². The summed E-state index contributed by atoms with van der Waals surface area (Å²) in [5, 5.41) is 1.95. The molecule has 0 spiro atoms. The van der Waals surface area contributed by atoms with E-state index in [-0.39, 0.29) is 11.8 Å². The molecule has 1 rings (SSSR count). The molecule has 1 aromatic rings. The smallest absolute Gasteiger partial charge is 0.214 e. The van der Waals surface area contributed by atoms with E-state index in [2.05, 4.69) is 0 Å². The molecule has 0 amide bonds. The third-order valence-electron chi connectivity index (χ3n) is 2.59. The highest BCUT2D eigenvalue weighted by atomic mass is 32.2. The van der Waals surface area contributed by atoms with E-state index in [1.165, 1.54) is 4.31 Å². The molecular weight excluding hydrogens is 244 g/mol. The van der Waals surface area contributed by atoms with E-state index < -0.39 is 10.0 Å². The number of hydrogen-bond acceptors (Lipinski definition) is 4. The molecule has 0 fully saturated rings. The highest BCUT2D eigenvalue weighted by Gasteiger charge is 2.21. The fraction of sp³-hybridized carbons (Fsp3) is 0.600. The Bertz CT molecular complexity index is 400. The van der Waals surface area contributed by atoms with Gasteiger partial charge in [0.05, 0.1) is 5.75 Å². The fourth-order valence-electron chi connectivity index (χ4n) is 1.25. The van der Waals surface area contributed by atoms with Crippen molar-refractivity contribution < 1.29 is 8.42 Å². The van der Waals surface area contributed by atoms with Crippen LogP contribution in [0, 0.1) is 0 Å². The Labute approximate surface area is 101 Å². The molecule has 0 radical (unpaired) electrons. The monoisotopic (exact) mass is 262 g/mol. The van der Waals surface area contributed by atoms with Crippen LogP contribution in [0.15, 0.2) is 17.5 Å². The molecule has 0 aliphatic heterocycles. The lowest BCUT2D eigenvalue weighted by Gasteiger charge is -2.22. The Morgan fingerprint density at radius 3 is 2.75 bits per heavy atom. The number of hydrogen-bond donors (Lipinski definition) is 1. The van der Waals surface area contributed by atoms with Gasteiger partial charge in [0.2, 0.25) is 10.0 Å². The van der Waals surface area contributed by atoms with Gasteiger partial charge in [0.1, 0.15) is 0 Å². The van der Waals surface area contributed by atoms with Gasteiger partial charge in [0.15, 0.2) is 0 Å². The summed E-state index contributed by atoms with van der Waals surface area (Å²) in [6, 6.07) is 3.74. The second-order valence-electron chi connectivity index (χ2n) is 3.75. The van der Waals surface area contributed by atoms with E-state index in [9.17, 15) is 8.42 Å². The number of nitrogens with zero attached hydrogens (tertiary/aromatic N) is 1. The SMILES string of the molecule is CC(CN)N(C)S(=O)(=O)CCc1cccs1. The fourth-order valence-corrected chi connectivity index (χ4v) is 3.49.